The highest BCUT2D eigenvalue weighted by atomic mass is 32.1. The molecular formula is C10H12S2. The van der Waals surface area contributed by atoms with Gasteiger partial charge in [0.2, 0.25) is 0 Å². The van der Waals surface area contributed by atoms with Crippen molar-refractivity contribution in [1.29, 1.82) is 0 Å². The summed E-state index contributed by atoms with van der Waals surface area (Å²) in [6.07, 6.45) is 0. The van der Waals surface area contributed by atoms with Gasteiger partial charge in [-0.15, -0.1) is 25.3 Å². The highest BCUT2D eigenvalue weighted by Crippen LogP contribution is 2.28. The molecule has 0 aliphatic rings. The van der Waals surface area contributed by atoms with Gasteiger partial charge in [0.05, 0.1) is 0 Å². The smallest absolute Gasteiger partial charge is 0.0129 e. The standard InChI is InChI=1S/C10H12S2/c1-6-4-7(2)10(8(3)11)9(12)5-6/h4-5,11-12H,3H2,1-2H3. The topological polar surface area (TPSA) is 0 Å². The Kier molecular flexibility index (Phi) is 2.91. The first kappa shape index (κ1) is 9.75. The van der Waals surface area contributed by atoms with Gasteiger partial charge < -0.3 is 0 Å². The lowest BCUT2D eigenvalue weighted by Crippen LogP contribution is -1.87. The molecule has 64 valence electrons. The predicted octanol–water partition coefficient (Wildman–Crippen LogP) is 3.49. The molecule has 0 spiro atoms. The molecule has 1 rings (SSSR count). The molecular weight excluding hydrogens is 184 g/mol. The second kappa shape index (κ2) is 3.58. The fourth-order valence-corrected chi connectivity index (χ4v) is 2.22. The van der Waals surface area contributed by atoms with Crippen LogP contribution >= 0.6 is 25.3 Å². The van der Waals surface area contributed by atoms with Gasteiger partial charge in [-0.3, -0.25) is 0 Å². The fourth-order valence-electron chi connectivity index (χ4n) is 1.32. The van der Waals surface area contributed by atoms with Gasteiger partial charge in [-0.1, -0.05) is 12.6 Å². The molecule has 0 heterocycles. The SMILES string of the molecule is C=C(S)c1c(C)cc(C)cc1S. The Morgan fingerprint density at radius 3 is 2.33 bits per heavy atom. The molecule has 0 bridgehead atoms. The van der Waals surface area contributed by atoms with Gasteiger partial charge in [-0.05, 0) is 31.0 Å². The van der Waals surface area contributed by atoms with Crippen LogP contribution < -0.4 is 0 Å². The number of thiol groups is 2. The van der Waals surface area contributed by atoms with E-state index < -0.39 is 0 Å². The van der Waals surface area contributed by atoms with Crippen LogP contribution in [0, 0.1) is 13.8 Å². The summed E-state index contributed by atoms with van der Waals surface area (Å²) in [5, 5.41) is 0. The highest BCUT2D eigenvalue weighted by molar-refractivity contribution is 7.90. The second-order valence-corrected chi connectivity index (χ2v) is 3.94. The Bertz CT molecular complexity index is 304. The molecule has 0 saturated carbocycles. The van der Waals surface area contributed by atoms with Crippen molar-refractivity contribution < 1.29 is 0 Å². The molecule has 12 heavy (non-hydrogen) atoms. The minimum atomic E-state index is 0.775. The third-order valence-corrected chi connectivity index (χ3v) is 2.32. The summed E-state index contributed by atoms with van der Waals surface area (Å²) in [6, 6.07) is 4.13. The lowest BCUT2D eigenvalue weighted by Gasteiger charge is -2.08. The lowest BCUT2D eigenvalue weighted by molar-refractivity contribution is 1.27. The van der Waals surface area contributed by atoms with Crippen molar-refractivity contribution in [2.75, 3.05) is 0 Å². The molecule has 0 amide bonds. The summed E-state index contributed by atoms with van der Waals surface area (Å²) in [5.74, 6) is 0. The third kappa shape index (κ3) is 1.87. The number of hydrogen-bond donors (Lipinski definition) is 2. The van der Waals surface area contributed by atoms with Gasteiger partial charge in [-0.25, -0.2) is 0 Å². The van der Waals surface area contributed by atoms with Crippen LogP contribution in [-0.4, -0.2) is 0 Å². The van der Waals surface area contributed by atoms with Crippen LogP contribution in [0.1, 0.15) is 16.7 Å². The predicted molar refractivity (Wildman–Crippen MR) is 61.2 cm³/mol. The molecule has 0 atom stereocenters. The molecule has 0 saturated heterocycles. The largest absolute Gasteiger partial charge is 0.143 e. The Morgan fingerprint density at radius 1 is 1.33 bits per heavy atom. The summed E-state index contributed by atoms with van der Waals surface area (Å²) < 4.78 is 0. The third-order valence-electron chi connectivity index (χ3n) is 1.75. The average Bonchev–Trinajstić information content (AvgIpc) is 1.82. The monoisotopic (exact) mass is 196 g/mol. The maximum absolute atomic E-state index is 4.37. The van der Waals surface area contributed by atoms with E-state index in [1.54, 1.807) is 0 Å². The van der Waals surface area contributed by atoms with Crippen molar-refractivity contribution in [1.82, 2.24) is 0 Å². The van der Waals surface area contributed by atoms with Crippen molar-refractivity contribution in [3.63, 3.8) is 0 Å². The first-order chi connectivity index (χ1) is 5.52. The van der Waals surface area contributed by atoms with Crippen molar-refractivity contribution in [2.45, 2.75) is 18.7 Å². The summed E-state index contributed by atoms with van der Waals surface area (Å²) in [7, 11) is 0. The second-order valence-electron chi connectivity index (χ2n) is 2.92. The maximum Gasteiger partial charge on any atom is 0.0129 e. The number of benzene rings is 1. The highest BCUT2D eigenvalue weighted by Gasteiger charge is 2.04. The summed E-state index contributed by atoms with van der Waals surface area (Å²) >= 11 is 8.58. The zero-order chi connectivity index (χ0) is 9.30. The van der Waals surface area contributed by atoms with E-state index >= 15 is 0 Å². The Hall–Kier alpha value is -0.340. The van der Waals surface area contributed by atoms with Crippen molar-refractivity contribution in [2.24, 2.45) is 0 Å². The van der Waals surface area contributed by atoms with Gasteiger partial charge >= 0.3 is 0 Å². The van der Waals surface area contributed by atoms with E-state index in [-0.39, 0.29) is 0 Å². The van der Waals surface area contributed by atoms with E-state index in [0.29, 0.717) is 0 Å². The molecule has 0 aromatic heterocycles. The van der Waals surface area contributed by atoms with Crippen LogP contribution in [-0.2, 0) is 0 Å². The van der Waals surface area contributed by atoms with Crippen molar-refractivity contribution in [3.8, 4) is 0 Å². The molecule has 1 aromatic carbocycles. The van der Waals surface area contributed by atoms with Gasteiger partial charge in [0, 0.05) is 15.4 Å². The van der Waals surface area contributed by atoms with E-state index in [0.717, 1.165) is 15.4 Å². The molecule has 0 unspecified atom stereocenters. The maximum atomic E-state index is 4.37. The quantitative estimate of drug-likeness (QED) is 0.631. The van der Waals surface area contributed by atoms with Crippen LogP contribution in [0.5, 0.6) is 0 Å². The van der Waals surface area contributed by atoms with E-state index in [4.69, 9.17) is 0 Å². The molecule has 0 N–H and O–H groups in total. The van der Waals surface area contributed by atoms with Crippen LogP contribution in [0.4, 0.5) is 0 Å². The van der Waals surface area contributed by atoms with E-state index in [2.05, 4.69) is 44.8 Å². The van der Waals surface area contributed by atoms with Crippen molar-refractivity contribution >= 4 is 30.2 Å². The number of rotatable bonds is 1. The molecule has 0 radical (unpaired) electrons. The van der Waals surface area contributed by atoms with Crippen LogP contribution in [0.2, 0.25) is 0 Å². The van der Waals surface area contributed by atoms with Crippen molar-refractivity contribution in [3.05, 3.63) is 35.4 Å². The average molecular weight is 196 g/mol. The fraction of sp³-hybridized carbons (Fsp3) is 0.200. The lowest BCUT2D eigenvalue weighted by atomic mass is 10.1. The summed E-state index contributed by atoms with van der Waals surface area (Å²) in [4.78, 5) is 1.73. The van der Waals surface area contributed by atoms with E-state index in [1.807, 2.05) is 13.0 Å². The zero-order valence-electron chi connectivity index (χ0n) is 7.26. The Morgan fingerprint density at radius 2 is 1.92 bits per heavy atom. The zero-order valence-corrected chi connectivity index (χ0v) is 9.05. The van der Waals surface area contributed by atoms with Gasteiger partial charge in [0.25, 0.3) is 0 Å². The minimum absolute atomic E-state index is 0.775. The number of aryl methyl sites for hydroxylation is 2. The van der Waals surface area contributed by atoms with Gasteiger partial charge in [-0.2, -0.15) is 0 Å². The molecule has 2 heteroatoms. The molecule has 1 aromatic rings. The molecule has 0 fully saturated rings. The summed E-state index contributed by atoms with van der Waals surface area (Å²) in [6.45, 7) is 7.89. The first-order valence-electron chi connectivity index (χ1n) is 3.71. The molecule has 0 aliphatic carbocycles. The molecule has 0 aliphatic heterocycles. The number of hydrogen-bond acceptors (Lipinski definition) is 2. The normalized spacial score (nSPS) is 10.0. The van der Waals surface area contributed by atoms with Crippen LogP contribution in [0.3, 0.4) is 0 Å². The van der Waals surface area contributed by atoms with Gasteiger partial charge in [0.15, 0.2) is 0 Å². The minimum Gasteiger partial charge on any atom is -0.143 e. The Labute approximate surface area is 84.5 Å². The van der Waals surface area contributed by atoms with Crippen LogP contribution in [0.25, 0.3) is 4.91 Å². The van der Waals surface area contributed by atoms with E-state index in [9.17, 15) is 0 Å². The Balaban J connectivity index is 3.38. The van der Waals surface area contributed by atoms with Gasteiger partial charge in [0.1, 0.15) is 0 Å². The van der Waals surface area contributed by atoms with E-state index in [1.165, 1.54) is 11.1 Å². The first-order valence-corrected chi connectivity index (χ1v) is 4.60. The summed E-state index contributed by atoms with van der Waals surface area (Å²) in [5.41, 5.74) is 3.45. The van der Waals surface area contributed by atoms with Crippen LogP contribution in [0.15, 0.2) is 23.6 Å². The molecule has 0 nitrogen and oxygen atoms in total.